The topological polar surface area (TPSA) is 67.5 Å². The smallest absolute Gasteiger partial charge is 0.225 e. The van der Waals surface area contributed by atoms with E-state index in [9.17, 15) is 0 Å². The van der Waals surface area contributed by atoms with Gasteiger partial charge in [0.15, 0.2) is 0 Å². The molecule has 0 bridgehead atoms. The zero-order valence-electron chi connectivity index (χ0n) is 11.6. The summed E-state index contributed by atoms with van der Waals surface area (Å²) in [6.07, 6.45) is 0. The summed E-state index contributed by atoms with van der Waals surface area (Å²) in [7, 11) is 3.66. The van der Waals surface area contributed by atoms with Crippen LogP contribution in [0.25, 0.3) is 0 Å². The van der Waals surface area contributed by atoms with Crippen LogP contribution in [0.3, 0.4) is 0 Å². The Morgan fingerprint density at radius 2 is 1.90 bits per heavy atom. The first-order valence-corrected chi connectivity index (χ1v) is 6.45. The second-order valence-corrected chi connectivity index (χ2v) is 4.69. The maximum Gasteiger partial charge on any atom is 0.225 e. The SMILES string of the molecule is COc1cc(N2CCN(C)c3ccccc32)nc(N)n1. The number of para-hydroxylation sites is 2. The van der Waals surface area contributed by atoms with E-state index in [0.29, 0.717) is 5.88 Å². The van der Waals surface area contributed by atoms with Crippen molar-refractivity contribution in [1.82, 2.24) is 9.97 Å². The Hall–Kier alpha value is -2.50. The van der Waals surface area contributed by atoms with E-state index in [1.165, 1.54) is 5.69 Å². The molecule has 1 aliphatic heterocycles. The van der Waals surface area contributed by atoms with Crippen LogP contribution in [0.2, 0.25) is 0 Å². The van der Waals surface area contributed by atoms with Gasteiger partial charge in [0, 0.05) is 26.2 Å². The minimum Gasteiger partial charge on any atom is -0.481 e. The molecule has 20 heavy (non-hydrogen) atoms. The quantitative estimate of drug-likeness (QED) is 0.896. The van der Waals surface area contributed by atoms with Gasteiger partial charge < -0.3 is 20.3 Å². The van der Waals surface area contributed by atoms with E-state index in [1.54, 1.807) is 13.2 Å². The van der Waals surface area contributed by atoms with Crippen LogP contribution in [-0.4, -0.2) is 37.2 Å². The third-order valence-corrected chi connectivity index (χ3v) is 3.43. The lowest BCUT2D eigenvalue weighted by molar-refractivity contribution is 0.398. The molecule has 6 heteroatoms. The fraction of sp³-hybridized carbons (Fsp3) is 0.286. The van der Waals surface area contributed by atoms with E-state index < -0.39 is 0 Å². The van der Waals surface area contributed by atoms with Gasteiger partial charge >= 0.3 is 0 Å². The fourth-order valence-electron chi connectivity index (χ4n) is 2.42. The Kier molecular flexibility index (Phi) is 3.06. The molecule has 0 saturated carbocycles. The first-order chi connectivity index (χ1) is 9.69. The van der Waals surface area contributed by atoms with E-state index in [-0.39, 0.29) is 5.95 Å². The van der Waals surface area contributed by atoms with Crippen LogP contribution in [0.1, 0.15) is 0 Å². The monoisotopic (exact) mass is 271 g/mol. The maximum absolute atomic E-state index is 5.75. The van der Waals surface area contributed by atoms with E-state index in [4.69, 9.17) is 10.5 Å². The molecule has 2 heterocycles. The van der Waals surface area contributed by atoms with Crippen molar-refractivity contribution in [3.63, 3.8) is 0 Å². The number of ether oxygens (including phenoxy) is 1. The van der Waals surface area contributed by atoms with Gasteiger partial charge in [0.25, 0.3) is 0 Å². The second-order valence-electron chi connectivity index (χ2n) is 4.69. The molecule has 1 aromatic carbocycles. The number of nitrogens with zero attached hydrogens (tertiary/aromatic N) is 4. The molecule has 0 aliphatic carbocycles. The molecule has 0 amide bonds. The molecule has 104 valence electrons. The van der Waals surface area contributed by atoms with Crippen molar-refractivity contribution < 1.29 is 4.74 Å². The summed E-state index contributed by atoms with van der Waals surface area (Å²) in [5.41, 5.74) is 8.04. The van der Waals surface area contributed by atoms with Crippen LogP contribution in [0.4, 0.5) is 23.1 Å². The summed E-state index contributed by atoms with van der Waals surface area (Å²) >= 11 is 0. The van der Waals surface area contributed by atoms with E-state index >= 15 is 0 Å². The van der Waals surface area contributed by atoms with Gasteiger partial charge in [0.1, 0.15) is 5.82 Å². The van der Waals surface area contributed by atoms with Gasteiger partial charge in [-0.05, 0) is 12.1 Å². The predicted molar refractivity (Wildman–Crippen MR) is 79.7 cm³/mol. The van der Waals surface area contributed by atoms with Crippen molar-refractivity contribution in [2.24, 2.45) is 0 Å². The minimum absolute atomic E-state index is 0.218. The summed E-state index contributed by atoms with van der Waals surface area (Å²) in [5, 5.41) is 0. The van der Waals surface area contributed by atoms with Gasteiger partial charge in [-0.3, -0.25) is 0 Å². The van der Waals surface area contributed by atoms with Gasteiger partial charge in [-0.1, -0.05) is 12.1 Å². The van der Waals surface area contributed by atoms with Crippen molar-refractivity contribution in [3.05, 3.63) is 30.3 Å². The molecular formula is C14H17N5O. The highest BCUT2D eigenvalue weighted by molar-refractivity contribution is 5.78. The van der Waals surface area contributed by atoms with E-state index in [2.05, 4.69) is 38.9 Å². The van der Waals surface area contributed by atoms with Gasteiger partial charge in [-0.2, -0.15) is 9.97 Å². The standard InChI is InChI=1S/C14H17N5O/c1-18-7-8-19(11-6-4-3-5-10(11)18)12-9-13(20-2)17-14(15)16-12/h3-6,9H,7-8H2,1-2H3,(H2,15,16,17). The molecule has 0 spiro atoms. The fourth-order valence-corrected chi connectivity index (χ4v) is 2.42. The Balaban J connectivity index is 2.07. The highest BCUT2D eigenvalue weighted by atomic mass is 16.5. The molecule has 3 rings (SSSR count). The van der Waals surface area contributed by atoms with E-state index in [1.807, 2.05) is 12.1 Å². The first-order valence-electron chi connectivity index (χ1n) is 6.45. The summed E-state index contributed by atoms with van der Waals surface area (Å²) in [6.45, 7) is 1.76. The van der Waals surface area contributed by atoms with Crippen molar-refractivity contribution in [3.8, 4) is 5.88 Å². The van der Waals surface area contributed by atoms with Crippen LogP contribution in [0.15, 0.2) is 30.3 Å². The van der Waals surface area contributed by atoms with Gasteiger partial charge in [-0.25, -0.2) is 0 Å². The van der Waals surface area contributed by atoms with Crippen LogP contribution in [0.5, 0.6) is 5.88 Å². The molecule has 6 nitrogen and oxygen atoms in total. The minimum atomic E-state index is 0.218. The summed E-state index contributed by atoms with van der Waals surface area (Å²) in [5.74, 6) is 1.45. The lowest BCUT2D eigenvalue weighted by Gasteiger charge is -2.36. The number of hydrogen-bond acceptors (Lipinski definition) is 6. The number of nitrogens with two attached hydrogens (primary N) is 1. The van der Waals surface area contributed by atoms with Crippen molar-refractivity contribution in [2.45, 2.75) is 0 Å². The third-order valence-electron chi connectivity index (χ3n) is 3.43. The van der Waals surface area contributed by atoms with Crippen LogP contribution in [-0.2, 0) is 0 Å². The molecule has 0 fully saturated rings. The van der Waals surface area contributed by atoms with Gasteiger partial charge in [0.2, 0.25) is 11.8 Å². The number of hydrogen-bond donors (Lipinski definition) is 1. The van der Waals surface area contributed by atoms with Crippen LogP contribution in [0, 0.1) is 0 Å². The van der Waals surface area contributed by atoms with Gasteiger partial charge in [0.05, 0.1) is 18.5 Å². The third kappa shape index (κ3) is 2.09. The Bertz CT molecular complexity index is 631. The molecular weight excluding hydrogens is 254 g/mol. The molecule has 0 saturated heterocycles. The van der Waals surface area contributed by atoms with Crippen LogP contribution >= 0.6 is 0 Å². The van der Waals surface area contributed by atoms with Crippen LogP contribution < -0.4 is 20.3 Å². The van der Waals surface area contributed by atoms with E-state index in [0.717, 1.165) is 24.6 Å². The zero-order chi connectivity index (χ0) is 14.1. The lowest BCUT2D eigenvalue weighted by atomic mass is 10.2. The second kappa shape index (κ2) is 4.88. The maximum atomic E-state index is 5.75. The number of fused-ring (bicyclic) bond motifs is 1. The molecule has 2 aromatic rings. The largest absolute Gasteiger partial charge is 0.481 e. The van der Waals surface area contributed by atoms with Crippen molar-refractivity contribution in [2.75, 3.05) is 42.8 Å². The average Bonchev–Trinajstić information content (AvgIpc) is 2.47. The number of aromatic nitrogens is 2. The molecule has 0 radical (unpaired) electrons. The number of likely N-dealkylation sites (N-methyl/N-ethyl adjacent to an activating group) is 1. The summed E-state index contributed by atoms with van der Waals surface area (Å²) < 4.78 is 5.17. The highest BCUT2D eigenvalue weighted by Crippen LogP contribution is 2.36. The first kappa shape index (κ1) is 12.5. The number of nitrogen functional groups attached to an aromatic ring is 1. The highest BCUT2D eigenvalue weighted by Gasteiger charge is 2.22. The van der Waals surface area contributed by atoms with Gasteiger partial charge in [-0.15, -0.1) is 0 Å². The summed E-state index contributed by atoms with van der Waals surface area (Å²) in [4.78, 5) is 12.7. The van der Waals surface area contributed by atoms with Crippen molar-refractivity contribution >= 4 is 23.1 Å². The molecule has 1 aliphatic rings. The van der Waals surface area contributed by atoms with Crippen molar-refractivity contribution in [1.29, 1.82) is 0 Å². The normalized spacial score (nSPS) is 14.1. The Morgan fingerprint density at radius 1 is 1.15 bits per heavy atom. The predicted octanol–water partition coefficient (Wildman–Crippen LogP) is 1.66. The summed E-state index contributed by atoms with van der Waals surface area (Å²) in [6, 6.07) is 10.0. The molecule has 0 unspecified atom stereocenters. The zero-order valence-corrected chi connectivity index (χ0v) is 11.6. The molecule has 1 aromatic heterocycles. The average molecular weight is 271 g/mol. The molecule has 0 atom stereocenters. The number of anilines is 4. The number of rotatable bonds is 2. The molecule has 2 N–H and O–H groups in total. The number of methoxy groups -OCH3 is 1. The lowest BCUT2D eigenvalue weighted by Crippen LogP contribution is -2.36. The Morgan fingerprint density at radius 3 is 2.65 bits per heavy atom. The Labute approximate surface area is 117 Å². The number of benzene rings is 1.